The molecule has 1 saturated carbocycles. The molecule has 1 fully saturated rings. The van der Waals surface area contributed by atoms with Crippen molar-refractivity contribution in [3.63, 3.8) is 0 Å². The van der Waals surface area contributed by atoms with Crippen molar-refractivity contribution in [2.75, 3.05) is 0 Å². The standard InChI is InChI=1S/C18H17ClFN3O7S/c1-8(13(24)25)29-14(26)18(4-5-18)30-12-7-11(10(20)6-9(12)19)23-15(27)21(2)17(31)22(3)16(23)28/h6-8H,4-5H2,1-3H3,(H,24,25). The van der Waals surface area contributed by atoms with Crippen molar-refractivity contribution in [3.05, 3.63) is 48.7 Å². The van der Waals surface area contributed by atoms with E-state index in [1.165, 1.54) is 21.0 Å². The second kappa shape index (κ2) is 7.93. The van der Waals surface area contributed by atoms with Gasteiger partial charge in [0, 0.05) is 33.0 Å². The van der Waals surface area contributed by atoms with E-state index in [1.807, 2.05) is 0 Å². The van der Waals surface area contributed by atoms with E-state index >= 15 is 0 Å². The number of halogens is 2. The minimum Gasteiger partial charge on any atom is -0.479 e. The van der Waals surface area contributed by atoms with Crippen LogP contribution in [0.4, 0.5) is 4.39 Å². The normalized spacial score (nSPS) is 15.3. The maximum absolute atomic E-state index is 14.7. The zero-order valence-electron chi connectivity index (χ0n) is 16.5. The molecule has 0 aliphatic heterocycles. The zero-order chi connectivity index (χ0) is 23.2. The third-order valence-corrected chi connectivity index (χ3v) is 5.63. The van der Waals surface area contributed by atoms with Gasteiger partial charge in [-0.05, 0) is 25.2 Å². The highest BCUT2D eigenvalue weighted by atomic mass is 35.5. The Bertz CT molecular complexity index is 1240. The number of hydrogen-bond acceptors (Lipinski definition) is 7. The van der Waals surface area contributed by atoms with Crippen LogP contribution in [-0.4, -0.2) is 42.5 Å². The summed E-state index contributed by atoms with van der Waals surface area (Å²) in [5.41, 5.74) is -3.74. The number of ether oxygens (including phenoxy) is 2. The van der Waals surface area contributed by atoms with Crippen molar-refractivity contribution >= 4 is 35.8 Å². The van der Waals surface area contributed by atoms with Crippen molar-refractivity contribution in [1.82, 2.24) is 13.7 Å². The fourth-order valence-corrected chi connectivity index (χ4v) is 3.08. The first-order valence-electron chi connectivity index (χ1n) is 8.91. The van der Waals surface area contributed by atoms with Gasteiger partial charge in [0.1, 0.15) is 11.6 Å². The number of aromatic nitrogens is 3. The number of rotatable bonds is 6. The molecule has 1 atom stereocenters. The summed E-state index contributed by atoms with van der Waals surface area (Å²) in [7, 11) is 2.65. The third kappa shape index (κ3) is 4.00. The number of aliphatic carboxylic acids is 1. The molecule has 13 heteroatoms. The zero-order valence-corrected chi connectivity index (χ0v) is 18.1. The molecule has 1 aliphatic rings. The molecule has 1 aliphatic carbocycles. The monoisotopic (exact) mass is 473 g/mol. The fourth-order valence-electron chi connectivity index (χ4n) is 2.73. The van der Waals surface area contributed by atoms with Crippen molar-refractivity contribution in [3.8, 4) is 11.4 Å². The number of nitrogens with zero attached hydrogens (tertiary/aromatic N) is 3. The van der Waals surface area contributed by atoms with Crippen molar-refractivity contribution in [2.24, 2.45) is 14.1 Å². The number of carboxylic acids is 1. The number of esters is 1. The molecule has 1 N–H and O–H groups in total. The van der Waals surface area contributed by atoms with E-state index in [9.17, 15) is 23.6 Å². The molecule has 0 bridgehead atoms. The molecule has 0 spiro atoms. The molecule has 3 rings (SSSR count). The van der Waals surface area contributed by atoms with Crippen LogP contribution in [0.1, 0.15) is 19.8 Å². The van der Waals surface area contributed by atoms with E-state index in [0.717, 1.165) is 21.3 Å². The van der Waals surface area contributed by atoms with Crippen LogP contribution in [0.5, 0.6) is 5.75 Å². The third-order valence-electron chi connectivity index (χ3n) is 4.79. The summed E-state index contributed by atoms with van der Waals surface area (Å²) in [5, 5.41) is 8.68. The Morgan fingerprint density at radius 3 is 2.26 bits per heavy atom. The van der Waals surface area contributed by atoms with Gasteiger partial charge in [0.25, 0.3) is 0 Å². The van der Waals surface area contributed by atoms with Gasteiger partial charge in [-0.1, -0.05) is 11.6 Å². The van der Waals surface area contributed by atoms with E-state index in [4.69, 9.17) is 38.4 Å². The SMILES string of the molecule is CC(OC(=O)C1(Oc2cc(-n3c(=O)n(C)c(=S)n(C)c3=O)c(F)cc2Cl)CC1)C(=O)O. The highest BCUT2D eigenvalue weighted by Gasteiger charge is 2.55. The Labute approximate surface area is 184 Å². The second-order valence-electron chi connectivity index (χ2n) is 7.02. The Morgan fingerprint density at radius 2 is 1.77 bits per heavy atom. The smallest absolute Gasteiger partial charge is 0.351 e. The fraction of sp³-hybridized carbons (Fsp3) is 0.389. The highest BCUT2D eigenvalue weighted by Crippen LogP contribution is 2.44. The Kier molecular flexibility index (Phi) is 5.80. The van der Waals surface area contributed by atoms with Crippen molar-refractivity contribution < 1.29 is 28.6 Å². The molecular weight excluding hydrogens is 457 g/mol. The lowest BCUT2D eigenvalue weighted by Crippen LogP contribution is -2.43. The summed E-state index contributed by atoms with van der Waals surface area (Å²) in [6, 6.07) is 1.85. The van der Waals surface area contributed by atoms with Gasteiger partial charge in [-0.25, -0.2) is 28.1 Å². The number of carbonyl (C=O) groups excluding carboxylic acids is 1. The number of carboxylic acid groups (broad SMARTS) is 1. The number of hydrogen-bond donors (Lipinski definition) is 1. The molecule has 0 amide bonds. The van der Waals surface area contributed by atoms with Crippen LogP contribution in [0.2, 0.25) is 5.02 Å². The Balaban J connectivity index is 2.06. The van der Waals surface area contributed by atoms with E-state index in [-0.39, 0.29) is 28.4 Å². The lowest BCUT2D eigenvalue weighted by atomic mass is 10.2. The van der Waals surface area contributed by atoms with Crippen LogP contribution in [0.15, 0.2) is 21.7 Å². The van der Waals surface area contributed by atoms with Crippen molar-refractivity contribution in [2.45, 2.75) is 31.5 Å². The number of benzene rings is 1. The first kappa shape index (κ1) is 22.7. The van der Waals surface area contributed by atoms with Gasteiger partial charge in [0.15, 0.2) is 10.9 Å². The van der Waals surface area contributed by atoms with Crippen LogP contribution in [-0.2, 0) is 28.4 Å². The summed E-state index contributed by atoms with van der Waals surface area (Å²) in [6.07, 6.45) is -0.975. The second-order valence-corrected chi connectivity index (χ2v) is 7.79. The minimum absolute atomic E-state index is 0.0654. The summed E-state index contributed by atoms with van der Waals surface area (Å²) in [4.78, 5) is 48.4. The molecule has 2 aromatic rings. The minimum atomic E-state index is -1.49. The summed E-state index contributed by atoms with van der Waals surface area (Å²) < 4.78 is 27.6. The average molecular weight is 474 g/mol. The van der Waals surface area contributed by atoms with Gasteiger partial charge in [0.05, 0.1) is 10.7 Å². The number of carbonyl (C=O) groups is 2. The van der Waals surface area contributed by atoms with E-state index < -0.39 is 46.5 Å². The van der Waals surface area contributed by atoms with Gasteiger partial charge in [-0.15, -0.1) is 0 Å². The van der Waals surface area contributed by atoms with E-state index in [1.54, 1.807) is 0 Å². The predicted molar refractivity (Wildman–Crippen MR) is 108 cm³/mol. The lowest BCUT2D eigenvalue weighted by molar-refractivity contribution is -0.169. The van der Waals surface area contributed by atoms with Gasteiger partial charge in [-0.2, -0.15) is 0 Å². The molecule has 31 heavy (non-hydrogen) atoms. The highest BCUT2D eigenvalue weighted by molar-refractivity contribution is 7.71. The topological polar surface area (TPSA) is 122 Å². The molecular formula is C18H17ClFN3O7S. The average Bonchev–Trinajstić information content (AvgIpc) is 3.49. The lowest BCUT2D eigenvalue weighted by Gasteiger charge is -2.20. The maximum Gasteiger partial charge on any atom is 0.351 e. The summed E-state index contributed by atoms with van der Waals surface area (Å²) in [6.45, 7) is 1.18. The molecule has 1 aromatic heterocycles. The quantitative estimate of drug-likeness (QED) is 0.492. The molecule has 10 nitrogen and oxygen atoms in total. The molecule has 1 unspecified atom stereocenters. The van der Waals surface area contributed by atoms with Gasteiger partial charge < -0.3 is 14.6 Å². The van der Waals surface area contributed by atoms with Crippen LogP contribution in [0.25, 0.3) is 5.69 Å². The van der Waals surface area contributed by atoms with E-state index in [0.29, 0.717) is 4.57 Å². The van der Waals surface area contributed by atoms with Crippen LogP contribution >= 0.6 is 23.8 Å². The molecule has 1 heterocycles. The molecule has 0 radical (unpaired) electrons. The Hall–Kier alpha value is -2.99. The van der Waals surface area contributed by atoms with Gasteiger partial charge in [0.2, 0.25) is 5.60 Å². The van der Waals surface area contributed by atoms with Gasteiger partial charge >= 0.3 is 23.3 Å². The van der Waals surface area contributed by atoms with Crippen LogP contribution < -0.4 is 16.1 Å². The Morgan fingerprint density at radius 1 is 1.23 bits per heavy atom. The van der Waals surface area contributed by atoms with Gasteiger partial charge in [-0.3, -0.25) is 9.13 Å². The van der Waals surface area contributed by atoms with E-state index in [2.05, 4.69) is 0 Å². The summed E-state index contributed by atoms with van der Waals surface area (Å²) >= 11 is 11.0. The predicted octanol–water partition coefficient (Wildman–Crippen LogP) is 1.32. The van der Waals surface area contributed by atoms with Crippen LogP contribution in [0, 0.1) is 10.6 Å². The van der Waals surface area contributed by atoms with Crippen molar-refractivity contribution in [1.29, 1.82) is 0 Å². The first-order chi connectivity index (χ1) is 14.4. The van der Waals surface area contributed by atoms with Crippen LogP contribution in [0.3, 0.4) is 0 Å². The molecule has 0 saturated heterocycles. The largest absolute Gasteiger partial charge is 0.479 e. The maximum atomic E-state index is 14.7. The molecule has 1 aromatic carbocycles. The molecule has 166 valence electrons. The first-order valence-corrected chi connectivity index (χ1v) is 9.69. The summed E-state index contributed by atoms with van der Waals surface area (Å²) in [5.74, 6) is -3.42.